The summed E-state index contributed by atoms with van der Waals surface area (Å²) < 4.78 is 4.66. The number of carbonyl (C=O) groups is 1. The zero-order valence-electron chi connectivity index (χ0n) is 10.8. The highest BCUT2D eigenvalue weighted by Crippen LogP contribution is 2.26. The summed E-state index contributed by atoms with van der Waals surface area (Å²) in [6.45, 7) is 3.49. The Balaban J connectivity index is 2.20. The van der Waals surface area contributed by atoms with E-state index in [1.807, 2.05) is 18.2 Å². The molecule has 2 N–H and O–H groups in total. The summed E-state index contributed by atoms with van der Waals surface area (Å²) in [5.74, 6) is -0.942. The molecule has 1 aromatic rings. The molecule has 0 fully saturated rings. The fourth-order valence-electron chi connectivity index (χ4n) is 2.29. The first kappa shape index (κ1) is 13.1. The first-order valence-corrected chi connectivity index (χ1v) is 6.21. The molecule has 0 radical (unpaired) electrons. The van der Waals surface area contributed by atoms with Crippen molar-refractivity contribution in [2.45, 2.75) is 26.0 Å². The molecule has 1 heterocycles. The van der Waals surface area contributed by atoms with E-state index in [1.165, 1.54) is 18.2 Å². The van der Waals surface area contributed by atoms with Gasteiger partial charge in [0.25, 0.3) is 0 Å². The molecule has 2 rings (SSSR count). The van der Waals surface area contributed by atoms with E-state index in [2.05, 4.69) is 10.1 Å². The minimum absolute atomic E-state index is 0.390. The fraction of sp³-hybridized carbons (Fsp3) is 0.500. The van der Waals surface area contributed by atoms with Gasteiger partial charge in [-0.2, -0.15) is 0 Å². The van der Waals surface area contributed by atoms with Crippen molar-refractivity contribution >= 4 is 5.97 Å². The van der Waals surface area contributed by atoms with Gasteiger partial charge in [-0.3, -0.25) is 4.79 Å². The summed E-state index contributed by atoms with van der Waals surface area (Å²) in [6, 6.07) is 5.92. The third kappa shape index (κ3) is 2.54. The highest BCUT2D eigenvalue weighted by molar-refractivity contribution is 5.72. The molecule has 2 atom stereocenters. The average Bonchev–Trinajstić information content (AvgIpc) is 2.44. The molecule has 1 aliphatic heterocycles. The van der Waals surface area contributed by atoms with Crippen LogP contribution in [0.1, 0.15) is 29.7 Å². The molecular formula is C14H19NO3. The predicted molar refractivity (Wildman–Crippen MR) is 68.0 cm³/mol. The van der Waals surface area contributed by atoms with Crippen molar-refractivity contribution in [3.05, 3.63) is 34.9 Å². The highest BCUT2D eigenvalue weighted by Gasteiger charge is 2.25. The van der Waals surface area contributed by atoms with Crippen molar-refractivity contribution < 1.29 is 14.6 Å². The molecule has 4 nitrogen and oxygen atoms in total. The Kier molecular flexibility index (Phi) is 3.99. The summed E-state index contributed by atoms with van der Waals surface area (Å²) in [6.07, 6.45) is 0.197. The monoisotopic (exact) mass is 249 g/mol. The van der Waals surface area contributed by atoms with E-state index in [9.17, 15) is 9.90 Å². The van der Waals surface area contributed by atoms with Crippen LogP contribution in [0.4, 0.5) is 0 Å². The molecule has 0 aromatic heterocycles. The minimum atomic E-state index is -0.815. The van der Waals surface area contributed by atoms with Gasteiger partial charge in [0.15, 0.2) is 0 Å². The Morgan fingerprint density at radius 3 is 2.94 bits per heavy atom. The number of benzene rings is 1. The second-order valence-electron chi connectivity index (χ2n) is 4.71. The van der Waals surface area contributed by atoms with Crippen molar-refractivity contribution in [1.29, 1.82) is 0 Å². The Hall–Kier alpha value is -1.39. The molecular weight excluding hydrogens is 230 g/mol. The molecule has 18 heavy (non-hydrogen) atoms. The SMILES string of the molecule is COC(=O)[C@@H](C)[C@@H](O)c1ccc2c(c1)CNCC2. The van der Waals surface area contributed by atoms with E-state index in [1.54, 1.807) is 6.92 Å². The Bertz CT molecular complexity index is 445. The Labute approximate surface area is 107 Å². The zero-order valence-corrected chi connectivity index (χ0v) is 10.8. The second kappa shape index (κ2) is 5.50. The smallest absolute Gasteiger partial charge is 0.311 e. The van der Waals surface area contributed by atoms with Crippen LogP contribution >= 0.6 is 0 Å². The summed E-state index contributed by atoms with van der Waals surface area (Å²) in [5.41, 5.74) is 3.29. The maximum absolute atomic E-state index is 11.4. The van der Waals surface area contributed by atoms with Gasteiger partial charge in [-0.1, -0.05) is 18.2 Å². The number of fused-ring (bicyclic) bond motifs is 1. The van der Waals surface area contributed by atoms with Crippen molar-refractivity contribution in [3.8, 4) is 0 Å². The van der Waals surface area contributed by atoms with Crippen molar-refractivity contribution in [3.63, 3.8) is 0 Å². The third-order valence-corrected chi connectivity index (χ3v) is 3.50. The molecule has 0 unspecified atom stereocenters. The summed E-state index contributed by atoms with van der Waals surface area (Å²) in [4.78, 5) is 11.4. The number of hydrogen-bond acceptors (Lipinski definition) is 4. The third-order valence-electron chi connectivity index (χ3n) is 3.50. The lowest BCUT2D eigenvalue weighted by molar-refractivity contribution is -0.148. The van der Waals surface area contributed by atoms with Crippen LogP contribution in [0.15, 0.2) is 18.2 Å². The van der Waals surface area contributed by atoms with E-state index >= 15 is 0 Å². The van der Waals surface area contributed by atoms with Gasteiger partial charge >= 0.3 is 5.97 Å². The van der Waals surface area contributed by atoms with Gasteiger partial charge in [-0.15, -0.1) is 0 Å². The van der Waals surface area contributed by atoms with Crippen molar-refractivity contribution in [1.82, 2.24) is 5.32 Å². The van der Waals surface area contributed by atoms with E-state index in [-0.39, 0.29) is 0 Å². The maximum atomic E-state index is 11.4. The van der Waals surface area contributed by atoms with Gasteiger partial charge in [0.1, 0.15) is 0 Å². The van der Waals surface area contributed by atoms with Gasteiger partial charge in [0.05, 0.1) is 19.1 Å². The van der Waals surface area contributed by atoms with Gasteiger partial charge in [-0.05, 0) is 36.6 Å². The van der Waals surface area contributed by atoms with Crippen LogP contribution < -0.4 is 5.32 Å². The standard InChI is InChI=1S/C14H19NO3/c1-9(14(17)18-2)13(16)11-4-3-10-5-6-15-8-12(10)7-11/h3-4,7,9,13,15-16H,5-6,8H2,1-2H3/t9-,13+/m0/s1. The number of rotatable bonds is 3. The maximum Gasteiger partial charge on any atom is 0.311 e. The molecule has 1 aromatic carbocycles. The largest absolute Gasteiger partial charge is 0.469 e. The Morgan fingerprint density at radius 2 is 2.22 bits per heavy atom. The highest BCUT2D eigenvalue weighted by atomic mass is 16.5. The number of esters is 1. The lowest BCUT2D eigenvalue weighted by atomic mass is 9.92. The van der Waals surface area contributed by atoms with Crippen molar-refractivity contribution in [2.24, 2.45) is 5.92 Å². The molecule has 0 spiro atoms. The molecule has 0 aliphatic carbocycles. The molecule has 1 aliphatic rings. The predicted octanol–water partition coefficient (Wildman–Crippen LogP) is 1.17. The van der Waals surface area contributed by atoms with Gasteiger partial charge in [0, 0.05) is 6.54 Å². The molecule has 0 bridgehead atoms. The minimum Gasteiger partial charge on any atom is -0.469 e. The Morgan fingerprint density at radius 1 is 1.44 bits per heavy atom. The van der Waals surface area contributed by atoms with Gasteiger partial charge < -0.3 is 15.2 Å². The van der Waals surface area contributed by atoms with E-state index in [0.29, 0.717) is 0 Å². The molecule has 98 valence electrons. The van der Waals surface area contributed by atoms with E-state index < -0.39 is 18.0 Å². The van der Waals surface area contributed by atoms with Crippen LogP contribution in [0, 0.1) is 5.92 Å². The normalized spacial score (nSPS) is 17.7. The van der Waals surface area contributed by atoms with Crippen LogP contribution in [0.25, 0.3) is 0 Å². The first-order chi connectivity index (χ1) is 8.63. The van der Waals surface area contributed by atoms with E-state index in [4.69, 9.17) is 0 Å². The number of ether oxygens (including phenoxy) is 1. The van der Waals surface area contributed by atoms with Gasteiger partial charge in [-0.25, -0.2) is 0 Å². The van der Waals surface area contributed by atoms with E-state index in [0.717, 1.165) is 25.1 Å². The van der Waals surface area contributed by atoms with Crippen LogP contribution in [0.5, 0.6) is 0 Å². The lowest BCUT2D eigenvalue weighted by Crippen LogP contribution is -2.25. The number of carbonyl (C=O) groups excluding carboxylic acids is 1. The first-order valence-electron chi connectivity index (χ1n) is 6.21. The number of hydrogen-bond donors (Lipinski definition) is 2. The zero-order chi connectivity index (χ0) is 13.1. The number of aliphatic hydroxyl groups is 1. The second-order valence-corrected chi connectivity index (χ2v) is 4.71. The lowest BCUT2D eigenvalue weighted by Gasteiger charge is -2.21. The number of methoxy groups -OCH3 is 1. The van der Waals surface area contributed by atoms with Crippen molar-refractivity contribution in [2.75, 3.05) is 13.7 Å². The quantitative estimate of drug-likeness (QED) is 0.790. The number of nitrogens with one attached hydrogen (secondary N) is 1. The number of aliphatic hydroxyl groups excluding tert-OH is 1. The topological polar surface area (TPSA) is 58.6 Å². The summed E-state index contributed by atoms with van der Waals surface area (Å²) in [7, 11) is 1.34. The summed E-state index contributed by atoms with van der Waals surface area (Å²) in [5, 5.41) is 13.5. The van der Waals surface area contributed by atoms with Crippen LogP contribution in [0.3, 0.4) is 0 Å². The van der Waals surface area contributed by atoms with Crippen LogP contribution in [0.2, 0.25) is 0 Å². The fourth-order valence-corrected chi connectivity index (χ4v) is 2.29. The molecule has 0 amide bonds. The van der Waals surface area contributed by atoms with Crippen LogP contribution in [-0.2, 0) is 22.5 Å². The summed E-state index contributed by atoms with van der Waals surface area (Å²) >= 11 is 0. The molecule has 0 saturated carbocycles. The van der Waals surface area contributed by atoms with Gasteiger partial charge in [0.2, 0.25) is 0 Å². The van der Waals surface area contributed by atoms with Crippen LogP contribution in [-0.4, -0.2) is 24.7 Å². The average molecular weight is 249 g/mol. The molecule has 4 heteroatoms. The molecule has 0 saturated heterocycles.